The van der Waals surface area contributed by atoms with Crippen LogP contribution in [0.2, 0.25) is 0 Å². The Morgan fingerprint density at radius 1 is 1.05 bits per heavy atom. The van der Waals surface area contributed by atoms with Crippen LogP contribution in [0.5, 0.6) is 0 Å². The molecule has 1 amide bonds. The summed E-state index contributed by atoms with van der Waals surface area (Å²) in [5.74, 6) is -0.211. The van der Waals surface area contributed by atoms with Gasteiger partial charge in [-0.2, -0.15) is 0 Å². The smallest absolute Gasteiger partial charge is 0.271 e. The second-order valence-corrected chi connectivity index (χ2v) is 4.61. The molecular weight excluding hydrogens is 264 g/mol. The number of aromatic nitrogens is 3. The lowest BCUT2D eigenvalue weighted by Gasteiger charge is -2.05. The number of amides is 1. The molecule has 0 aliphatic heterocycles. The first kappa shape index (κ1) is 13.2. The van der Waals surface area contributed by atoms with Gasteiger partial charge in [-0.15, -0.1) is 0 Å². The third-order valence-electron chi connectivity index (χ3n) is 3.10. The van der Waals surface area contributed by atoms with E-state index in [4.69, 9.17) is 0 Å². The molecule has 0 aliphatic carbocycles. The van der Waals surface area contributed by atoms with Crippen LogP contribution in [0.3, 0.4) is 0 Å². The molecule has 1 N–H and O–H groups in total. The van der Waals surface area contributed by atoms with E-state index in [9.17, 15) is 4.79 Å². The van der Waals surface area contributed by atoms with Crippen molar-refractivity contribution in [2.75, 3.05) is 6.54 Å². The van der Waals surface area contributed by atoms with Gasteiger partial charge in [-0.25, -0.2) is 4.98 Å². The van der Waals surface area contributed by atoms with Crippen LogP contribution in [-0.2, 0) is 6.42 Å². The van der Waals surface area contributed by atoms with Gasteiger partial charge in [0, 0.05) is 18.9 Å². The number of carbonyl (C=O) groups excluding carboxylic acids is 1. The summed E-state index contributed by atoms with van der Waals surface area (Å²) in [6.45, 7) is 0.541. The average molecular weight is 278 g/mol. The van der Waals surface area contributed by atoms with Crippen molar-refractivity contribution in [3.8, 4) is 0 Å². The standard InChI is InChI=1S/C16H14N4O/c21-16(18-9-7-12-4-3-8-17-10-12)15-11-19-13-5-1-2-6-14(13)20-15/h1-6,8,10-11H,7,9H2,(H,18,21). The predicted molar refractivity (Wildman–Crippen MR) is 79.8 cm³/mol. The van der Waals surface area contributed by atoms with E-state index in [1.54, 1.807) is 12.4 Å². The highest BCUT2D eigenvalue weighted by atomic mass is 16.1. The highest BCUT2D eigenvalue weighted by Gasteiger charge is 2.08. The SMILES string of the molecule is O=C(NCCc1cccnc1)c1cnc2ccccc2n1. The fraction of sp³-hybridized carbons (Fsp3) is 0.125. The van der Waals surface area contributed by atoms with Gasteiger partial charge in [0.25, 0.3) is 5.91 Å². The topological polar surface area (TPSA) is 67.8 Å². The van der Waals surface area contributed by atoms with Crippen LogP contribution in [0.4, 0.5) is 0 Å². The molecule has 0 saturated heterocycles. The molecule has 0 radical (unpaired) electrons. The number of carbonyl (C=O) groups is 1. The Labute approximate surface area is 122 Å². The van der Waals surface area contributed by atoms with Gasteiger partial charge < -0.3 is 5.32 Å². The molecule has 5 heteroatoms. The summed E-state index contributed by atoms with van der Waals surface area (Å²) in [4.78, 5) is 24.6. The summed E-state index contributed by atoms with van der Waals surface area (Å²) in [5, 5.41) is 2.84. The number of fused-ring (bicyclic) bond motifs is 1. The van der Waals surface area contributed by atoms with E-state index in [0.29, 0.717) is 12.2 Å². The third-order valence-corrected chi connectivity index (χ3v) is 3.10. The van der Waals surface area contributed by atoms with E-state index in [2.05, 4.69) is 20.3 Å². The Morgan fingerprint density at radius 2 is 1.90 bits per heavy atom. The number of para-hydroxylation sites is 2. The Kier molecular flexibility index (Phi) is 3.82. The molecule has 0 atom stereocenters. The monoisotopic (exact) mass is 278 g/mol. The van der Waals surface area contributed by atoms with Gasteiger partial charge in [0.05, 0.1) is 17.2 Å². The van der Waals surface area contributed by atoms with Crippen molar-refractivity contribution in [3.63, 3.8) is 0 Å². The van der Waals surface area contributed by atoms with Crippen molar-refractivity contribution in [2.45, 2.75) is 6.42 Å². The van der Waals surface area contributed by atoms with E-state index in [1.165, 1.54) is 6.20 Å². The maximum Gasteiger partial charge on any atom is 0.271 e. The first-order chi connectivity index (χ1) is 10.3. The molecule has 0 saturated carbocycles. The largest absolute Gasteiger partial charge is 0.350 e. The number of nitrogens with one attached hydrogen (secondary N) is 1. The van der Waals surface area contributed by atoms with Gasteiger partial charge >= 0.3 is 0 Å². The van der Waals surface area contributed by atoms with Crippen LogP contribution in [0, 0.1) is 0 Å². The zero-order valence-electron chi connectivity index (χ0n) is 11.4. The molecule has 0 spiro atoms. The van der Waals surface area contributed by atoms with Crippen molar-refractivity contribution in [3.05, 3.63) is 66.2 Å². The highest BCUT2D eigenvalue weighted by Crippen LogP contribution is 2.08. The molecule has 5 nitrogen and oxygen atoms in total. The second-order valence-electron chi connectivity index (χ2n) is 4.61. The number of benzene rings is 1. The Balaban J connectivity index is 1.64. The zero-order chi connectivity index (χ0) is 14.5. The molecule has 0 fully saturated rings. The van der Waals surface area contributed by atoms with E-state index in [0.717, 1.165) is 23.0 Å². The fourth-order valence-electron chi connectivity index (χ4n) is 2.02. The lowest BCUT2D eigenvalue weighted by molar-refractivity contribution is 0.0949. The zero-order valence-corrected chi connectivity index (χ0v) is 11.4. The summed E-state index contributed by atoms with van der Waals surface area (Å²) in [7, 11) is 0. The van der Waals surface area contributed by atoms with Gasteiger partial charge in [-0.1, -0.05) is 18.2 Å². The molecule has 104 valence electrons. The summed E-state index contributed by atoms with van der Waals surface area (Å²) in [6, 6.07) is 11.3. The van der Waals surface area contributed by atoms with Crippen LogP contribution in [0.15, 0.2) is 55.0 Å². The van der Waals surface area contributed by atoms with Crippen LogP contribution in [-0.4, -0.2) is 27.4 Å². The molecule has 21 heavy (non-hydrogen) atoms. The van der Waals surface area contributed by atoms with Gasteiger partial charge in [0.2, 0.25) is 0 Å². The Hall–Kier alpha value is -2.82. The lowest BCUT2D eigenvalue weighted by Crippen LogP contribution is -2.26. The summed E-state index contributed by atoms with van der Waals surface area (Å²) < 4.78 is 0. The van der Waals surface area contributed by atoms with Crippen LogP contribution in [0.25, 0.3) is 11.0 Å². The number of hydrogen-bond acceptors (Lipinski definition) is 4. The quantitative estimate of drug-likeness (QED) is 0.792. The molecule has 2 heterocycles. The van der Waals surface area contributed by atoms with Crippen molar-refractivity contribution in [1.82, 2.24) is 20.3 Å². The van der Waals surface area contributed by atoms with Crippen LogP contribution < -0.4 is 5.32 Å². The van der Waals surface area contributed by atoms with Gasteiger partial charge in [0.15, 0.2) is 0 Å². The second kappa shape index (κ2) is 6.09. The van der Waals surface area contributed by atoms with Gasteiger partial charge in [0.1, 0.15) is 5.69 Å². The Bertz CT molecular complexity index is 758. The maximum absolute atomic E-state index is 12.0. The van der Waals surface area contributed by atoms with Crippen molar-refractivity contribution in [2.24, 2.45) is 0 Å². The minimum Gasteiger partial charge on any atom is -0.350 e. The molecule has 3 aromatic rings. The molecular formula is C16H14N4O. The highest BCUT2D eigenvalue weighted by molar-refractivity contribution is 5.93. The maximum atomic E-state index is 12.0. The summed E-state index contributed by atoms with van der Waals surface area (Å²) in [6.07, 6.45) is 5.76. The summed E-state index contributed by atoms with van der Waals surface area (Å²) >= 11 is 0. The third kappa shape index (κ3) is 3.20. The van der Waals surface area contributed by atoms with Crippen molar-refractivity contribution < 1.29 is 4.79 Å². The van der Waals surface area contributed by atoms with Gasteiger partial charge in [-0.3, -0.25) is 14.8 Å². The average Bonchev–Trinajstić information content (AvgIpc) is 2.55. The van der Waals surface area contributed by atoms with Crippen LogP contribution >= 0.6 is 0 Å². The normalized spacial score (nSPS) is 10.5. The van der Waals surface area contributed by atoms with Crippen molar-refractivity contribution >= 4 is 16.9 Å². The number of rotatable bonds is 4. The fourth-order valence-corrected chi connectivity index (χ4v) is 2.02. The van der Waals surface area contributed by atoms with Crippen molar-refractivity contribution in [1.29, 1.82) is 0 Å². The number of nitrogens with zero attached hydrogens (tertiary/aromatic N) is 3. The molecule has 0 aliphatic rings. The Morgan fingerprint density at radius 3 is 2.71 bits per heavy atom. The minimum absolute atomic E-state index is 0.211. The number of hydrogen-bond donors (Lipinski definition) is 1. The van der Waals surface area contributed by atoms with E-state index < -0.39 is 0 Å². The summed E-state index contributed by atoms with van der Waals surface area (Å²) in [5.41, 5.74) is 2.92. The first-order valence-corrected chi connectivity index (χ1v) is 6.72. The van der Waals surface area contributed by atoms with E-state index in [1.807, 2.05) is 36.4 Å². The first-order valence-electron chi connectivity index (χ1n) is 6.72. The number of pyridine rings is 1. The molecule has 1 aromatic carbocycles. The van der Waals surface area contributed by atoms with E-state index >= 15 is 0 Å². The molecule has 0 unspecified atom stereocenters. The van der Waals surface area contributed by atoms with Crippen LogP contribution in [0.1, 0.15) is 16.1 Å². The minimum atomic E-state index is -0.211. The van der Waals surface area contributed by atoms with Gasteiger partial charge in [-0.05, 0) is 30.2 Å². The predicted octanol–water partition coefficient (Wildman–Crippen LogP) is 2.00. The molecule has 0 bridgehead atoms. The molecule has 3 rings (SSSR count). The molecule has 2 aromatic heterocycles. The van der Waals surface area contributed by atoms with E-state index in [-0.39, 0.29) is 5.91 Å². The lowest BCUT2D eigenvalue weighted by atomic mass is 10.2.